The van der Waals surface area contributed by atoms with Crippen LogP contribution in [0.25, 0.3) is 10.9 Å². The third-order valence-electron chi connectivity index (χ3n) is 4.64. The van der Waals surface area contributed by atoms with Crippen molar-refractivity contribution in [1.29, 1.82) is 0 Å². The molecule has 3 aromatic carbocycles. The number of aromatic nitrogens is 2. The fourth-order valence-electron chi connectivity index (χ4n) is 3.12. The van der Waals surface area contributed by atoms with Crippen LogP contribution >= 0.6 is 0 Å². The molecule has 4 aromatic rings. The smallest absolute Gasteiger partial charge is 0.240 e. The highest BCUT2D eigenvalue weighted by Crippen LogP contribution is 2.23. The second kappa shape index (κ2) is 8.75. The minimum absolute atomic E-state index is 0.0330. The highest BCUT2D eigenvalue weighted by Gasteiger charge is 2.15. The summed E-state index contributed by atoms with van der Waals surface area (Å²) < 4.78 is 55.3. The van der Waals surface area contributed by atoms with Crippen LogP contribution in [0.15, 0.2) is 78.0 Å². The fraction of sp³-hybridized carbons (Fsp3) is 0.0909. The van der Waals surface area contributed by atoms with Crippen LogP contribution in [0.1, 0.15) is 11.1 Å². The van der Waals surface area contributed by atoms with Gasteiger partial charge in [-0.1, -0.05) is 30.3 Å². The Labute approximate surface area is 178 Å². The summed E-state index contributed by atoms with van der Waals surface area (Å²) in [6.45, 7) is 0.197. The van der Waals surface area contributed by atoms with E-state index in [4.69, 9.17) is 0 Å². The average Bonchev–Trinajstić information content (AvgIpc) is 2.77. The molecule has 0 radical (unpaired) electrons. The van der Waals surface area contributed by atoms with Crippen LogP contribution in [0, 0.1) is 11.6 Å². The maximum atomic E-state index is 14.2. The van der Waals surface area contributed by atoms with Crippen molar-refractivity contribution < 1.29 is 17.2 Å². The van der Waals surface area contributed by atoms with Crippen molar-refractivity contribution in [1.82, 2.24) is 14.7 Å². The molecule has 0 bridgehead atoms. The first-order valence-electron chi connectivity index (χ1n) is 9.38. The molecule has 0 saturated carbocycles. The normalized spacial score (nSPS) is 11.5. The van der Waals surface area contributed by atoms with Gasteiger partial charge in [0, 0.05) is 13.1 Å². The molecule has 0 aliphatic rings. The summed E-state index contributed by atoms with van der Waals surface area (Å²) in [4.78, 5) is 8.22. The molecule has 158 valence electrons. The monoisotopic (exact) mass is 440 g/mol. The zero-order valence-corrected chi connectivity index (χ0v) is 17.0. The van der Waals surface area contributed by atoms with E-state index in [0.29, 0.717) is 22.5 Å². The van der Waals surface area contributed by atoms with Crippen molar-refractivity contribution in [2.45, 2.75) is 18.0 Å². The zero-order valence-electron chi connectivity index (χ0n) is 16.2. The predicted octanol–water partition coefficient (Wildman–Crippen LogP) is 4.00. The van der Waals surface area contributed by atoms with E-state index in [-0.39, 0.29) is 23.4 Å². The van der Waals surface area contributed by atoms with E-state index in [2.05, 4.69) is 20.0 Å². The fourth-order valence-corrected chi connectivity index (χ4v) is 4.21. The van der Waals surface area contributed by atoms with Gasteiger partial charge in [0.05, 0.1) is 15.8 Å². The van der Waals surface area contributed by atoms with Crippen LogP contribution in [0.3, 0.4) is 0 Å². The van der Waals surface area contributed by atoms with Crippen LogP contribution in [0.4, 0.5) is 14.6 Å². The number of anilines is 1. The standard InChI is InChI=1S/C22H18F2N4O2S/c23-17-6-1-4-15(10-17)13-28-31(29,30)18-7-2-5-16(11-18)12-25-22-21-19(24)8-3-9-20(21)26-14-27-22/h1-11,14,28H,12-13H2,(H,25,26,27). The Kier molecular flexibility index (Phi) is 5.88. The second-order valence-corrected chi connectivity index (χ2v) is 8.58. The van der Waals surface area contributed by atoms with Crippen molar-refractivity contribution in [3.63, 3.8) is 0 Å². The van der Waals surface area contributed by atoms with Crippen molar-refractivity contribution >= 4 is 26.7 Å². The first-order valence-corrected chi connectivity index (χ1v) is 10.9. The summed E-state index contributed by atoms with van der Waals surface area (Å²) in [5, 5.41) is 3.31. The van der Waals surface area contributed by atoms with Crippen molar-refractivity contribution in [2.75, 3.05) is 5.32 Å². The molecule has 1 aromatic heterocycles. The SMILES string of the molecule is O=S(=O)(NCc1cccc(F)c1)c1cccc(CNc2ncnc3cccc(F)c23)c1. The largest absolute Gasteiger partial charge is 0.365 e. The lowest BCUT2D eigenvalue weighted by atomic mass is 10.2. The van der Waals surface area contributed by atoms with E-state index in [9.17, 15) is 17.2 Å². The molecule has 4 rings (SSSR count). The van der Waals surface area contributed by atoms with Gasteiger partial charge in [0.15, 0.2) is 0 Å². The molecule has 0 fully saturated rings. The number of benzene rings is 3. The lowest BCUT2D eigenvalue weighted by molar-refractivity contribution is 0.580. The van der Waals surface area contributed by atoms with Gasteiger partial charge in [-0.25, -0.2) is 31.9 Å². The Bertz CT molecular complexity index is 1340. The lowest BCUT2D eigenvalue weighted by Gasteiger charge is -2.11. The molecule has 0 saturated heterocycles. The first-order chi connectivity index (χ1) is 14.9. The number of sulfonamides is 1. The van der Waals surface area contributed by atoms with Crippen molar-refractivity contribution in [2.24, 2.45) is 0 Å². The summed E-state index contributed by atoms with van der Waals surface area (Å²) >= 11 is 0. The summed E-state index contributed by atoms with van der Waals surface area (Å²) in [7, 11) is -3.80. The number of hydrogen-bond acceptors (Lipinski definition) is 5. The molecule has 2 N–H and O–H groups in total. The van der Waals surface area contributed by atoms with E-state index in [1.807, 2.05) is 0 Å². The second-order valence-electron chi connectivity index (χ2n) is 6.81. The van der Waals surface area contributed by atoms with E-state index < -0.39 is 21.7 Å². The van der Waals surface area contributed by atoms with Gasteiger partial charge in [-0.2, -0.15) is 0 Å². The molecule has 31 heavy (non-hydrogen) atoms. The summed E-state index contributed by atoms with van der Waals surface area (Å²) in [5.41, 5.74) is 1.64. The number of nitrogens with one attached hydrogen (secondary N) is 2. The molecule has 0 amide bonds. The van der Waals surface area contributed by atoms with Gasteiger partial charge < -0.3 is 5.32 Å². The quantitative estimate of drug-likeness (QED) is 0.454. The Morgan fingerprint density at radius 1 is 0.839 bits per heavy atom. The van der Waals surface area contributed by atoms with Crippen molar-refractivity contribution in [3.8, 4) is 0 Å². The number of nitrogens with zero attached hydrogens (tertiary/aromatic N) is 2. The molecule has 0 unspecified atom stereocenters. The van der Waals surface area contributed by atoms with Crippen LogP contribution < -0.4 is 10.0 Å². The minimum atomic E-state index is -3.80. The lowest BCUT2D eigenvalue weighted by Crippen LogP contribution is -2.23. The Morgan fingerprint density at radius 3 is 2.39 bits per heavy atom. The zero-order chi connectivity index (χ0) is 21.8. The molecule has 9 heteroatoms. The van der Waals surface area contributed by atoms with Gasteiger partial charge >= 0.3 is 0 Å². The molecular formula is C22H18F2N4O2S. The Balaban J connectivity index is 1.50. The third kappa shape index (κ3) is 4.84. The van der Waals surface area contributed by atoms with Gasteiger partial charge in [0.1, 0.15) is 23.8 Å². The van der Waals surface area contributed by atoms with E-state index in [0.717, 1.165) is 0 Å². The average molecular weight is 440 g/mol. The topological polar surface area (TPSA) is 84.0 Å². The predicted molar refractivity (Wildman–Crippen MR) is 114 cm³/mol. The van der Waals surface area contributed by atoms with Gasteiger partial charge in [0.2, 0.25) is 10.0 Å². The number of rotatable bonds is 7. The maximum Gasteiger partial charge on any atom is 0.240 e. The maximum absolute atomic E-state index is 14.2. The van der Waals surface area contributed by atoms with Gasteiger partial charge in [0.25, 0.3) is 0 Å². The van der Waals surface area contributed by atoms with Crippen LogP contribution in [0.5, 0.6) is 0 Å². The molecule has 0 atom stereocenters. The van der Waals surface area contributed by atoms with E-state index in [1.165, 1.54) is 42.7 Å². The molecular weight excluding hydrogens is 422 g/mol. The Hall–Kier alpha value is -3.43. The molecule has 0 aliphatic heterocycles. The van der Waals surface area contributed by atoms with E-state index >= 15 is 0 Å². The third-order valence-corrected chi connectivity index (χ3v) is 6.04. The summed E-state index contributed by atoms with van der Waals surface area (Å²) in [5.74, 6) is -0.558. The van der Waals surface area contributed by atoms with Gasteiger partial charge in [-0.3, -0.25) is 0 Å². The molecule has 1 heterocycles. The van der Waals surface area contributed by atoms with Gasteiger partial charge in [-0.15, -0.1) is 0 Å². The Morgan fingerprint density at radius 2 is 1.58 bits per heavy atom. The van der Waals surface area contributed by atoms with Crippen LogP contribution in [0.2, 0.25) is 0 Å². The van der Waals surface area contributed by atoms with Crippen molar-refractivity contribution in [3.05, 3.63) is 95.8 Å². The summed E-state index contributed by atoms with van der Waals surface area (Å²) in [6.07, 6.45) is 1.33. The van der Waals surface area contributed by atoms with Crippen LogP contribution in [-0.4, -0.2) is 18.4 Å². The molecule has 6 nitrogen and oxygen atoms in total. The highest BCUT2D eigenvalue weighted by atomic mass is 32.2. The number of hydrogen-bond donors (Lipinski definition) is 2. The molecule has 0 aliphatic carbocycles. The highest BCUT2D eigenvalue weighted by molar-refractivity contribution is 7.89. The first kappa shape index (κ1) is 20.8. The number of fused-ring (bicyclic) bond motifs is 1. The summed E-state index contributed by atoms with van der Waals surface area (Å²) in [6, 6.07) is 16.6. The van der Waals surface area contributed by atoms with E-state index in [1.54, 1.807) is 30.3 Å². The molecule has 0 spiro atoms. The van der Waals surface area contributed by atoms with Crippen LogP contribution in [-0.2, 0) is 23.1 Å². The minimum Gasteiger partial charge on any atom is -0.365 e. The number of halogens is 2. The van der Waals surface area contributed by atoms with Gasteiger partial charge in [-0.05, 0) is 47.5 Å².